The lowest BCUT2D eigenvalue weighted by Crippen LogP contribution is -2.23. The monoisotopic (exact) mass is 495 g/mol. The van der Waals surface area contributed by atoms with Gasteiger partial charge in [-0.3, -0.25) is 9.59 Å². The van der Waals surface area contributed by atoms with Crippen LogP contribution in [0.25, 0.3) is 10.8 Å². The molecule has 0 radical (unpaired) electrons. The molecule has 2 amide bonds. The average Bonchev–Trinajstić information content (AvgIpc) is 2.80. The fourth-order valence-electron chi connectivity index (χ4n) is 3.41. The van der Waals surface area contributed by atoms with Crippen LogP contribution in [0.15, 0.2) is 83.8 Å². The van der Waals surface area contributed by atoms with Gasteiger partial charge in [-0.15, -0.1) is 0 Å². The number of fused-ring (bicyclic) bond motifs is 1. The van der Waals surface area contributed by atoms with Crippen LogP contribution in [0.2, 0.25) is 10.0 Å². The van der Waals surface area contributed by atoms with E-state index in [2.05, 4.69) is 10.0 Å². The van der Waals surface area contributed by atoms with E-state index in [1.165, 1.54) is 11.9 Å². The van der Waals surface area contributed by atoms with E-state index in [1.54, 1.807) is 30.3 Å². The molecule has 0 saturated heterocycles. The second kappa shape index (κ2) is 10.2. The lowest BCUT2D eigenvalue weighted by molar-refractivity contribution is 0.0952. The molecule has 0 aliphatic heterocycles. The summed E-state index contributed by atoms with van der Waals surface area (Å²) in [6, 6.07) is 23.5. The molecular formula is C25H19Cl2N3O2S. The molecule has 5 nitrogen and oxygen atoms in total. The largest absolute Gasteiger partial charge is 0.366 e. The minimum Gasteiger partial charge on any atom is -0.366 e. The number of amides is 2. The van der Waals surface area contributed by atoms with Gasteiger partial charge < -0.3 is 15.8 Å². The third-order valence-corrected chi connectivity index (χ3v) is 6.18. The molecular weight excluding hydrogens is 477 g/mol. The first-order valence-electron chi connectivity index (χ1n) is 9.98. The van der Waals surface area contributed by atoms with Crippen molar-refractivity contribution in [1.82, 2.24) is 5.32 Å². The number of hydrogen-bond acceptors (Lipinski definition) is 4. The SMILES string of the molecule is NC(=O)c1cccc(CNC(=O)c2cccc3c(NSc4cc(Cl)cc(Cl)c4)cccc23)c1. The topological polar surface area (TPSA) is 84.2 Å². The van der Waals surface area contributed by atoms with Crippen LogP contribution in [-0.4, -0.2) is 11.8 Å². The minimum atomic E-state index is -0.504. The summed E-state index contributed by atoms with van der Waals surface area (Å²) in [6.45, 7) is 0.277. The summed E-state index contributed by atoms with van der Waals surface area (Å²) in [5, 5.41) is 5.76. The molecule has 0 heterocycles. The number of carbonyl (C=O) groups excluding carboxylic acids is 2. The molecule has 0 fully saturated rings. The van der Waals surface area contributed by atoms with E-state index in [0.717, 1.165) is 26.9 Å². The number of halogens is 2. The van der Waals surface area contributed by atoms with Gasteiger partial charge >= 0.3 is 0 Å². The molecule has 4 rings (SSSR count). The van der Waals surface area contributed by atoms with Crippen molar-refractivity contribution in [3.05, 3.63) is 106 Å². The van der Waals surface area contributed by atoms with Gasteiger partial charge in [-0.2, -0.15) is 0 Å². The molecule has 0 bridgehead atoms. The van der Waals surface area contributed by atoms with Crippen LogP contribution in [0.3, 0.4) is 0 Å². The molecule has 0 aliphatic carbocycles. The van der Waals surface area contributed by atoms with Crippen molar-refractivity contribution in [3.63, 3.8) is 0 Å². The molecule has 8 heteroatoms. The number of nitrogens with two attached hydrogens (primary N) is 1. The zero-order chi connectivity index (χ0) is 23.4. The maximum absolute atomic E-state index is 13.0. The molecule has 4 N–H and O–H groups in total. The Labute approximate surface area is 205 Å². The van der Waals surface area contributed by atoms with Crippen LogP contribution >= 0.6 is 35.1 Å². The molecule has 166 valence electrons. The van der Waals surface area contributed by atoms with Crippen molar-refractivity contribution in [1.29, 1.82) is 0 Å². The summed E-state index contributed by atoms with van der Waals surface area (Å²) in [6.07, 6.45) is 0. The van der Waals surface area contributed by atoms with Crippen LogP contribution in [0.5, 0.6) is 0 Å². The molecule has 4 aromatic rings. The lowest BCUT2D eigenvalue weighted by Gasteiger charge is -2.13. The Morgan fingerprint density at radius 3 is 2.30 bits per heavy atom. The van der Waals surface area contributed by atoms with Crippen LogP contribution < -0.4 is 15.8 Å². The summed E-state index contributed by atoms with van der Waals surface area (Å²) < 4.78 is 3.32. The Morgan fingerprint density at radius 1 is 0.848 bits per heavy atom. The van der Waals surface area contributed by atoms with Gasteiger partial charge in [-0.25, -0.2) is 0 Å². The maximum atomic E-state index is 13.0. The van der Waals surface area contributed by atoms with Crippen LogP contribution in [0.1, 0.15) is 26.3 Å². The van der Waals surface area contributed by atoms with Gasteiger partial charge in [-0.05, 0) is 65.4 Å². The highest BCUT2D eigenvalue weighted by Crippen LogP contribution is 2.32. The van der Waals surface area contributed by atoms with E-state index in [4.69, 9.17) is 28.9 Å². The fraction of sp³-hybridized carbons (Fsp3) is 0.0400. The van der Waals surface area contributed by atoms with Gasteiger partial charge in [-0.1, -0.05) is 59.6 Å². The highest BCUT2D eigenvalue weighted by atomic mass is 35.5. The normalized spacial score (nSPS) is 10.7. The number of anilines is 1. The Hall–Kier alpha value is -3.19. The van der Waals surface area contributed by atoms with Gasteiger partial charge in [0, 0.05) is 38.0 Å². The van der Waals surface area contributed by atoms with Crippen LogP contribution in [0.4, 0.5) is 5.69 Å². The van der Waals surface area contributed by atoms with Gasteiger partial charge in [0.1, 0.15) is 0 Å². The summed E-state index contributed by atoms with van der Waals surface area (Å²) in [7, 11) is 0. The molecule has 0 spiro atoms. The second-order valence-corrected chi connectivity index (χ2v) is 9.02. The molecule has 0 atom stereocenters. The van der Waals surface area contributed by atoms with Crippen molar-refractivity contribution in [3.8, 4) is 0 Å². The predicted molar refractivity (Wildman–Crippen MR) is 136 cm³/mol. The number of benzene rings is 4. The zero-order valence-corrected chi connectivity index (χ0v) is 19.6. The molecule has 0 saturated carbocycles. The summed E-state index contributed by atoms with van der Waals surface area (Å²) in [5.41, 5.74) is 7.94. The Balaban J connectivity index is 1.53. The highest BCUT2D eigenvalue weighted by molar-refractivity contribution is 8.00. The first-order chi connectivity index (χ1) is 15.9. The number of rotatable bonds is 7. The predicted octanol–water partition coefficient (Wildman–Crippen LogP) is 6.29. The van der Waals surface area contributed by atoms with Crippen molar-refractivity contribution in [2.45, 2.75) is 11.4 Å². The van der Waals surface area contributed by atoms with E-state index >= 15 is 0 Å². The Kier molecular flexibility index (Phi) is 7.08. The van der Waals surface area contributed by atoms with Gasteiger partial charge in [0.2, 0.25) is 5.91 Å². The van der Waals surface area contributed by atoms with Crippen molar-refractivity contribution < 1.29 is 9.59 Å². The molecule has 33 heavy (non-hydrogen) atoms. The van der Waals surface area contributed by atoms with E-state index in [9.17, 15) is 9.59 Å². The minimum absolute atomic E-state index is 0.212. The summed E-state index contributed by atoms with van der Waals surface area (Å²) >= 11 is 13.6. The van der Waals surface area contributed by atoms with Crippen molar-refractivity contribution in [2.24, 2.45) is 5.73 Å². The maximum Gasteiger partial charge on any atom is 0.252 e. The van der Waals surface area contributed by atoms with Crippen molar-refractivity contribution >= 4 is 63.4 Å². The highest BCUT2D eigenvalue weighted by Gasteiger charge is 2.12. The Morgan fingerprint density at radius 2 is 1.55 bits per heavy atom. The molecule has 0 unspecified atom stereocenters. The number of carbonyl (C=O) groups is 2. The third-order valence-electron chi connectivity index (χ3n) is 4.95. The summed E-state index contributed by atoms with van der Waals surface area (Å²) in [5.74, 6) is -0.716. The number of primary amides is 1. The quantitative estimate of drug-likeness (QED) is 0.263. The molecule has 0 aliphatic rings. The van der Waals surface area contributed by atoms with E-state index in [1.807, 2.05) is 48.5 Å². The Bertz CT molecular complexity index is 1340. The average molecular weight is 496 g/mol. The van der Waals surface area contributed by atoms with Gasteiger partial charge in [0.15, 0.2) is 0 Å². The standard InChI is InChI=1S/C25H19Cl2N3O2S/c26-17-11-18(27)13-19(12-17)33-30-23-9-3-6-20-21(23)7-2-8-22(20)25(32)29-14-15-4-1-5-16(10-15)24(28)31/h1-13,30H,14H2,(H2,28,31)(H,29,32). The second-order valence-electron chi connectivity index (χ2n) is 7.26. The zero-order valence-electron chi connectivity index (χ0n) is 17.3. The van der Waals surface area contributed by atoms with Gasteiger partial charge in [0.25, 0.3) is 5.91 Å². The fourth-order valence-corrected chi connectivity index (χ4v) is 4.84. The van der Waals surface area contributed by atoms with E-state index in [-0.39, 0.29) is 12.5 Å². The first kappa shape index (κ1) is 23.0. The molecule has 4 aromatic carbocycles. The van der Waals surface area contributed by atoms with Crippen molar-refractivity contribution in [2.75, 3.05) is 4.72 Å². The first-order valence-corrected chi connectivity index (χ1v) is 11.6. The third kappa shape index (κ3) is 5.60. The van der Waals surface area contributed by atoms with E-state index in [0.29, 0.717) is 21.2 Å². The smallest absolute Gasteiger partial charge is 0.252 e. The van der Waals surface area contributed by atoms with Crippen LogP contribution in [0, 0.1) is 0 Å². The summed E-state index contributed by atoms with van der Waals surface area (Å²) in [4.78, 5) is 25.2. The number of nitrogens with one attached hydrogen (secondary N) is 2. The lowest BCUT2D eigenvalue weighted by atomic mass is 10.0. The number of hydrogen-bond donors (Lipinski definition) is 3. The van der Waals surface area contributed by atoms with E-state index < -0.39 is 5.91 Å². The molecule has 0 aromatic heterocycles. The van der Waals surface area contributed by atoms with Gasteiger partial charge in [0.05, 0.1) is 5.69 Å². The van der Waals surface area contributed by atoms with Crippen LogP contribution in [-0.2, 0) is 6.54 Å².